The van der Waals surface area contributed by atoms with Gasteiger partial charge >= 0.3 is 0 Å². The van der Waals surface area contributed by atoms with E-state index < -0.39 is 0 Å². The first-order chi connectivity index (χ1) is 8.17. The number of carbonyl (C=O) groups excluding carboxylic acids is 1. The van der Waals surface area contributed by atoms with E-state index in [4.69, 9.17) is 10.00 Å². The molecule has 0 aromatic heterocycles. The van der Waals surface area contributed by atoms with Crippen LogP contribution in [0.15, 0.2) is 0 Å². The lowest BCUT2D eigenvalue weighted by Crippen LogP contribution is -2.36. The Labute approximate surface area is 108 Å². The monoisotopic (exact) mass is 256 g/mol. The first-order valence-electron chi connectivity index (χ1n) is 5.92. The summed E-state index contributed by atoms with van der Waals surface area (Å²) in [5.74, 6) is 0.901. The molecule has 0 radical (unpaired) electrons. The second kappa shape index (κ2) is 6.87. The molecule has 0 bridgehead atoms. The van der Waals surface area contributed by atoms with Crippen LogP contribution in [-0.2, 0) is 9.53 Å². The van der Waals surface area contributed by atoms with Gasteiger partial charge in [-0.25, -0.2) is 0 Å². The number of nitriles is 1. The molecular formula is C12H20N2O2S. The minimum Gasteiger partial charge on any atom is -0.383 e. The van der Waals surface area contributed by atoms with Crippen LogP contribution < -0.4 is 0 Å². The number of rotatable bonds is 8. The Morgan fingerprint density at radius 2 is 2.24 bits per heavy atom. The topological polar surface area (TPSA) is 53.3 Å². The Balaban J connectivity index is 2.44. The van der Waals surface area contributed by atoms with Crippen molar-refractivity contribution in [2.75, 3.05) is 32.6 Å². The van der Waals surface area contributed by atoms with Crippen molar-refractivity contribution in [1.29, 1.82) is 5.26 Å². The molecule has 0 unspecified atom stereocenters. The van der Waals surface area contributed by atoms with Crippen LogP contribution in [0.25, 0.3) is 0 Å². The quantitative estimate of drug-likeness (QED) is 0.669. The van der Waals surface area contributed by atoms with Crippen molar-refractivity contribution in [3.8, 4) is 6.07 Å². The summed E-state index contributed by atoms with van der Waals surface area (Å²) in [5.41, 5.74) is 0.137. The van der Waals surface area contributed by atoms with Crippen LogP contribution in [-0.4, -0.2) is 43.4 Å². The minimum absolute atomic E-state index is 0.129. The van der Waals surface area contributed by atoms with E-state index in [9.17, 15) is 4.79 Å². The van der Waals surface area contributed by atoms with Crippen molar-refractivity contribution in [1.82, 2.24) is 4.90 Å². The SMILES string of the molecule is COCCN(CCC#N)C(=O)CC1(CS)CC1. The van der Waals surface area contributed by atoms with Gasteiger partial charge in [0.2, 0.25) is 5.91 Å². The average Bonchev–Trinajstić information content (AvgIpc) is 3.09. The van der Waals surface area contributed by atoms with Gasteiger partial charge in [0.1, 0.15) is 0 Å². The van der Waals surface area contributed by atoms with E-state index in [1.54, 1.807) is 12.0 Å². The van der Waals surface area contributed by atoms with Gasteiger partial charge in [-0.2, -0.15) is 17.9 Å². The third kappa shape index (κ3) is 4.57. The minimum atomic E-state index is 0.129. The summed E-state index contributed by atoms with van der Waals surface area (Å²) in [5, 5.41) is 8.58. The Bertz CT molecular complexity index is 297. The number of ether oxygens (including phenoxy) is 1. The highest BCUT2D eigenvalue weighted by Crippen LogP contribution is 2.49. The Kier molecular flexibility index (Phi) is 5.79. The zero-order valence-electron chi connectivity index (χ0n) is 10.3. The molecule has 4 nitrogen and oxygen atoms in total. The maximum Gasteiger partial charge on any atom is 0.223 e. The molecule has 0 aromatic rings. The lowest BCUT2D eigenvalue weighted by molar-refractivity contribution is -0.132. The zero-order valence-corrected chi connectivity index (χ0v) is 11.2. The highest BCUT2D eigenvalue weighted by Gasteiger charge is 2.43. The van der Waals surface area contributed by atoms with Crippen LogP contribution in [0.1, 0.15) is 25.7 Å². The van der Waals surface area contributed by atoms with Crippen LogP contribution in [0.3, 0.4) is 0 Å². The smallest absolute Gasteiger partial charge is 0.223 e. The summed E-state index contributed by atoms with van der Waals surface area (Å²) in [6.07, 6.45) is 3.13. The van der Waals surface area contributed by atoms with Gasteiger partial charge in [0.05, 0.1) is 19.1 Å². The summed E-state index contributed by atoms with van der Waals surface area (Å²) < 4.78 is 4.98. The molecule has 0 atom stereocenters. The van der Waals surface area contributed by atoms with E-state index in [1.807, 2.05) is 0 Å². The van der Waals surface area contributed by atoms with Crippen LogP contribution in [0.4, 0.5) is 0 Å². The number of methoxy groups -OCH3 is 1. The molecule has 0 N–H and O–H groups in total. The molecule has 0 saturated heterocycles. The molecule has 1 fully saturated rings. The molecular weight excluding hydrogens is 236 g/mol. The molecule has 1 amide bonds. The van der Waals surface area contributed by atoms with Crippen molar-refractivity contribution in [2.24, 2.45) is 5.41 Å². The van der Waals surface area contributed by atoms with Crippen LogP contribution in [0, 0.1) is 16.7 Å². The number of hydrogen-bond acceptors (Lipinski definition) is 4. The molecule has 0 aliphatic heterocycles. The summed E-state index contributed by atoms with van der Waals surface area (Å²) in [6, 6.07) is 2.07. The van der Waals surface area contributed by atoms with E-state index in [1.165, 1.54) is 0 Å². The summed E-state index contributed by atoms with van der Waals surface area (Å²) in [6.45, 7) is 1.59. The highest BCUT2D eigenvalue weighted by molar-refractivity contribution is 7.80. The predicted octanol–water partition coefficient (Wildman–Crippen LogP) is 1.48. The molecule has 1 aliphatic carbocycles. The highest BCUT2D eigenvalue weighted by atomic mass is 32.1. The van der Waals surface area contributed by atoms with Gasteiger partial charge in [0, 0.05) is 26.6 Å². The van der Waals surface area contributed by atoms with Crippen molar-refractivity contribution in [2.45, 2.75) is 25.7 Å². The van der Waals surface area contributed by atoms with Crippen molar-refractivity contribution >= 4 is 18.5 Å². The number of thiol groups is 1. The van der Waals surface area contributed by atoms with Gasteiger partial charge in [0.15, 0.2) is 0 Å². The number of hydrogen-bond donors (Lipinski definition) is 1. The second-order valence-corrected chi connectivity index (χ2v) is 4.93. The zero-order chi connectivity index (χ0) is 12.7. The predicted molar refractivity (Wildman–Crippen MR) is 68.8 cm³/mol. The fraction of sp³-hybridized carbons (Fsp3) is 0.833. The standard InChI is InChI=1S/C12H20N2O2S/c1-16-8-7-14(6-2-5-13)11(15)9-12(10-17)3-4-12/h17H,2-4,6-10H2,1H3. The van der Waals surface area contributed by atoms with E-state index >= 15 is 0 Å². The van der Waals surface area contributed by atoms with E-state index in [0.29, 0.717) is 32.5 Å². The molecule has 1 rings (SSSR count). The molecule has 1 aliphatic rings. The van der Waals surface area contributed by atoms with Crippen LogP contribution >= 0.6 is 12.6 Å². The Morgan fingerprint density at radius 1 is 1.53 bits per heavy atom. The van der Waals surface area contributed by atoms with Gasteiger partial charge in [-0.15, -0.1) is 0 Å². The van der Waals surface area contributed by atoms with Crippen molar-refractivity contribution < 1.29 is 9.53 Å². The van der Waals surface area contributed by atoms with Gasteiger partial charge in [-0.1, -0.05) is 0 Å². The number of carbonyl (C=O) groups is 1. The molecule has 0 spiro atoms. The largest absolute Gasteiger partial charge is 0.383 e. The van der Waals surface area contributed by atoms with Gasteiger partial charge < -0.3 is 9.64 Å². The second-order valence-electron chi connectivity index (χ2n) is 4.62. The average molecular weight is 256 g/mol. The molecule has 96 valence electrons. The van der Waals surface area contributed by atoms with Crippen molar-refractivity contribution in [3.05, 3.63) is 0 Å². The molecule has 0 aromatic carbocycles. The van der Waals surface area contributed by atoms with E-state index in [-0.39, 0.29) is 11.3 Å². The fourth-order valence-electron chi connectivity index (χ4n) is 1.75. The first-order valence-corrected chi connectivity index (χ1v) is 6.55. The molecule has 5 heteroatoms. The van der Waals surface area contributed by atoms with E-state index in [2.05, 4.69) is 18.7 Å². The summed E-state index contributed by atoms with van der Waals surface area (Å²) in [7, 11) is 1.61. The van der Waals surface area contributed by atoms with Gasteiger partial charge in [-0.3, -0.25) is 4.79 Å². The Hall–Kier alpha value is -0.730. The number of nitrogens with zero attached hydrogens (tertiary/aromatic N) is 2. The maximum absolute atomic E-state index is 12.1. The van der Waals surface area contributed by atoms with Crippen LogP contribution in [0.5, 0.6) is 0 Å². The van der Waals surface area contributed by atoms with Crippen LogP contribution in [0.2, 0.25) is 0 Å². The third-order valence-electron chi connectivity index (χ3n) is 3.23. The fourth-order valence-corrected chi connectivity index (χ4v) is 2.18. The van der Waals surface area contributed by atoms with Crippen molar-refractivity contribution in [3.63, 3.8) is 0 Å². The van der Waals surface area contributed by atoms with Gasteiger partial charge in [0.25, 0.3) is 0 Å². The molecule has 0 heterocycles. The third-order valence-corrected chi connectivity index (χ3v) is 3.90. The molecule has 17 heavy (non-hydrogen) atoms. The lowest BCUT2D eigenvalue weighted by Gasteiger charge is -2.23. The normalized spacial score (nSPS) is 16.3. The maximum atomic E-state index is 12.1. The lowest BCUT2D eigenvalue weighted by atomic mass is 10.0. The number of amides is 1. The molecule has 1 saturated carbocycles. The summed E-state index contributed by atoms with van der Waals surface area (Å²) >= 11 is 4.30. The first kappa shape index (κ1) is 14.3. The summed E-state index contributed by atoms with van der Waals surface area (Å²) in [4.78, 5) is 13.8. The van der Waals surface area contributed by atoms with E-state index in [0.717, 1.165) is 18.6 Å². The Morgan fingerprint density at radius 3 is 2.71 bits per heavy atom. The van der Waals surface area contributed by atoms with Gasteiger partial charge in [-0.05, 0) is 24.0 Å².